The largest absolute Gasteiger partial charge is 0.352 e. The van der Waals surface area contributed by atoms with Crippen LogP contribution in [0.1, 0.15) is 41.8 Å². The first-order chi connectivity index (χ1) is 19.8. The van der Waals surface area contributed by atoms with E-state index in [4.69, 9.17) is 23.2 Å². The van der Waals surface area contributed by atoms with Crippen LogP contribution in [-0.2, 0) is 22.6 Å². The minimum atomic E-state index is -0.829. The van der Waals surface area contributed by atoms with Crippen molar-refractivity contribution >= 4 is 57.4 Å². The third kappa shape index (κ3) is 6.09. The molecule has 8 heteroatoms. The minimum Gasteiger partial charge on any atom is -0.352 e. The van der Waals surface area contributed by atoms with Crippen molar-refractivity contribution in [1.82, 2.24) is 10.2 Å². The lowest BCUT2D eigenvalue weighted by atomic mass is 10.0. The summed E-state index contributed by atoms with van der Waals surface area (Å²) < 4.78 is 0. The zero-order valence-electron chi connectivity index (χ0n) is 22.9. The van der Waals surface area contributed by atoms with Gasteiger partial charge in [0, 0.05) is 30.0 Å². The van der Waals surface area contributed by atoms with Gasteiger partial charge in [0.05, 0.1) is 15.7 Å². The highest BCUT2D eigenvalue weighted by Gasteiger charge is 2.36. The highest BCUT2D eigenvalue weighted by molar-refractivity contribution is 6.42. The Kier molecular flexibility index (Phi) is 8.62. The Hall–Kier alpha value is -3.87. The van der Waals surface area contributed by atoms with Crippen LogP contribution in [0.5, 0.6) is 0 Å². The molecule has 0 spiro atoms. The van der Waals surface area contributed by atoms with Gasteiger partial charge < -0.3 is 10.2 Å². The average Bonchev–Trinajstić information content (AvgIpc) is 3.25. The Morgan fingerprint density at radius 2 is 1.63 bits per heavy atom. The van der Waals surface area contributed by atoms with Gasteiger partial charge in [0.1, 0.15) is 12.6 Å². The topological polar surface area (TPSA) is 69.7 Å². The van der Waals surface area contributed by atoms with Crippen LogP contribution in [0.2, 0.25) is 10.0 Å². The Bertz CT molecular complexity index is 1600. The summed E-state index contributed by atoms with van der Waals surface area (Å²) in [7, 11) is 0. The number of carbonyl (C=O) groups excluding carboxylic acids is 3. The molecular weight excluding hydrogens is 557 g/mol. The van der Waals surface area contributed by atoms with Crippen molar-refractivity contribution in [2.75, 3.05) is 11.4 Å². The molecule has 0 aromatic heterocycles. The van der Waals surface area contributed by atoms with Crippen molar-refractivity contribution in [2.45, 2.75) is 45.3 Å². The number of rotatable bonds is 10. The predicted octanol–water partition coefficient (Wildman–Crippen LogP) is 6.66. The lowest BCUT2D eigenvalue weighted by Gasteiger charge is -2.33. The van der Waals surface area contributed by atoms with E-state index in [1.54, 1.807) is 29.2 Å². The molecule has 4 aromatic carbocycles. The second-order valence-corrected chi connectivity index (χ2v) is 11.2. The number of carbonyl (C=O) groups is 3. The van der Waals surface area contributed by atoms with Crippen LogP contribution in [0, 0.1) is 0 Å². The number of nitrogens with one attached hydrogen (secondary N) is 1. The summed E-state index contributed by atoms with van der Waals surface area (Å²) in [6, 6.07) is 25.1. The smallest absolute Gasteiger partial charge is 0.259 e. The Morgan fingerprint density at radius 1 is 0.902 bits per heavy atom. The molecule has 5 rings (SSSR count). The van der Waals surface area contributed by atoms with E-state index in [1.807, 2.05) is 74.5 Å². The first-order valence-corrected chi connectivity index (χ1v) is 14.4. The van der Waals surface area contributed by atoms with Gasteiger partial charge in [-0.25, -0.2) is 0 Å². The van der Waals surface area contributed by atoms with Gasteiger partial charge in [0.25, 0.3) is 5.91 Å². The van der Waals surface area contributed by atoms with Gasteiger partial charge >= 0.3 is 0 Å². The summed E-state index contributed by atoms with van der Waals surface area (Å²) in [6.07, 6.45) is 1.05. The molecule has 0 unspecified atom stereocenters. The van der Waals surface area contributed by atoms with E-state index >= 15 is 0 Å². The third-order valence-electron chi connectivity index (χ3n) is 7.55. The van der Waals surface area contributed by atoms with Gasteiger partial charge in [-0.3, -0.25) is 19.3 Å². The number of hydrogen-bond acceptors (Lipinski definition) is 3. The molecule has 1 N–H and O–H groups in total. The lowest BCUT2D eigenvalue weighted by Crippen LogP contribution is -2.54. The van der Waals surface area contributed by atoms with Crippen molar-refractivity contribution in [1.29, 1.82) is 0 Å². The van der Waals surface area contributed by atoms with E-state index in [0.717, 1.165) is 28.3 Å². The molecule has 2 atom stereocenters. The van der Waals surface area contributed by atoms with Crippen molar-refractivity contribution in [3.63, 3.8) is 0 Å². The first kappa shape index (κ1) is 28.7. The molecule has 1 aliphatic heterocycles. The van der Waals surface area contributed by atoms with E-state index in [9.17, 15) is 14.4 Å². The van der Waals surface area contributed by atoms with Gasteiger partial charge in [0.15, 0.2) is 0 Å². The van der Waals surface area contributed by atoms with Gasteiger partial charge in [-0.1, -0.05) is 90.8 Å². The number of halogens is 2. The fourth-order valence-corrected chi connectivity index (χ4v) is 5.51. The number of benzene rings is 4. The molecule has 0 aliphatic carbocycles. The highest BCUT2D eigenvalue weighted by Crippen LogP contribution is 2.37. The number of hydrogen-bond donors (Lipinski definition) is 1. The summed E-state index contributed by atoms with van der Waals surface area (Å²) in [4.78, 5) is 44.6. The molecular formula is C33H31Cl2N3O3. The van der Waals surface area contributed by atoms with E-state index in [2.05, 4.69) is 5.32 Å². The Balaban J connectivity index is 1.52. The van der Waals surface area contributed by atoms with Crippen LogP contribution in [0.4, 0.5) is 5.69 Å². The molecule has 0 bridgehead atoms. The monoisotopic (exact) mass is 587 g/mol. The van der Waals surface area contributed by atoms with Crippen molar-refractivity contribution in [2.24, 2.45) is 0 Å². The van der Waals surface area contributed by atoms with Crippen LogP contribution in [0.15, 0.2) is 84.9 Å². The van der Waals surface area contributed by atoms with Crippen LogP contribution in [-0.4, -0.2) is 41.2 Å². The highest BCUT2D eigenvalue weighted by atomic mass is 35.5. The third-order valence-corrected chi connectivity index (χ3v) is 8.29. The maximum Gasteiger partial charge on any atom is 0.259 e. The molecule has 41 heavy (non-hydrogen) atoms. The molecule has 4 aromatic rings. The molecule has 1 heterocycles. The van der Waals surface area contributed by atoms with Gasteiger partial charge in [-0.15, -0.1) is 0 Å². The summed E-state index contributed by atoms with van der Waals surface area (Å²) in [6.45, 7) is 3.83. The zero-order valence-corrected chi connectivity index (χ0v) is 24.5. The molecule has 3 amide bonds. The van der Waals surface area contributed by atoms with Crippen LogP contribution >= 0.6 is 23.2 Å². The van der Waals surface area contributed by atoms with Crippen molar-refractivity contribution in [3.8, 4) is 0 Å². The number of nitrogens with zero attached hydrogens (tertiary/aromatic N) is 2. The van der Waals surface area contributed by atoms with Crippen LogP contribution in [0.3, 0.4) is 0 Å². The summed E-state index contributed by atoms with van der Waals surface area (Å²) >= 11 is 12.5. The van der Waals surface area contributed by atoms with E-state index in [-0.39, 0.29) is 36.9 Å². The summed E-state index contributed by atoms with van der Waals surface area (Å²) in [5.41, 5.74) is 2.89. The second kappa shape index (κ2) is 12.3. The molecule has 0 fully saturated rings. The Morgan fingerprint density at radius 3 is 2.34 bits per heavy atom. The maximum absolute atomic E-state index is 14.3. The lowest BCUT2D eigenvalue weighted by molar-refractivity contribution is -0.140. The van der Waals surface area contributed by atoms with Gasteiger partial charge in [0.2, 0.25) is 11.8 Å². The Labute approximate surface area is 249 Å². The standard InChI is InChI=1S/C33H31Cl2N3O3/c1-3-21(2)36-32(40)29(18-22-9-5-4-6-10-22)37(19-23-15-16-26(34)27(35)17-23)30(39)20-38-28-14-8-12-24-11-7-13-25(31(24)28)33(38)41/h4-17,21,29H,3,18-20H2,1-2H3,(H,36,40)/t21-,29-/m1/s1. The second-order valence-electron chi connectivity index (χ2n) is 10.4. The number of amides is 3. The van der Waals surface area contributed by atoms with Gasteiger partial charge in [-0.2, -0.15) is 0 Å². The van der Waals surface area contributed by atoms with Crippen LogP contribution < -0.4 is 10.2 Å². The molecule has 0 saturated heterocycles. The fourth-order valence-electron chi connectivity index (χ4n) is 5.19. The van der Waals surface area contributed by atoms with Crippen molar-refractivity contribution in [3.05, 3.63) is 112 Å². The van der Waals surface area contributed by atoms with Crippen LogP contribution in [0.25, 0.3) is 10.8 Å². The fraction of sp³-hybridized carbons (Fsp3) is 0.242. The van der Waals surface area contributed by atoms with E-state index < -0.39 is 6.04 Å². The zero-order chi connectivity index (χ0) is 29.1. The maximum atomic E-state index is 14.3. The number of anilines is 1. The predicted molar refractivity (Wildman–Crippen MR) is 164 cm³/mol. The molecule has 0 saturated carbocycles. The molecule has 6 nitrogen and oxygen atoms in total. The quantitative estimate of drug-likeness (QED) is 0.225. The summed E-state index contributed by atoms with van der Waals surface area (Å²) in [5, 5.41) is 5.59. The first-order valence-electron chi connectivity index (χ1n) is 13.7. The molecule has 1 aliphatic rings. The minimum absolute atomic E-state index is 0.0741. The summed E-state index contributed by atoms with van der Waals surface area (Å²) in [5.74, 6) is -0.840. The molecule has 0 radical (unpaired) electrons. The van der Waals surface area contributed by atoms with Crippen molar-refractivity contribution < 1.29 is 14.4 Å². The SMILES string of the molecule is CC[C@@H](C)NC(=O)[C@@H](Cc1ccccc1)N(Cc1ccc(Cl)c(Cl)c1)C(=O)CN1C(=O)c2cccc3cccc1c23. The van der Waals surface area contributed by atoms with E-state index in [1.165, 1.54) is 4.90 Å². The van der Waals surface area contributed by atoms with Gasteiger partial charge in [-0.05, 0) is 54.1 Å². The molecule has 210 valence electrons. The normalized spacial score (nSPS) is 13.8. The average molecular weight is 589 g/mol. The van der Waals surface area contributed by atoms with E-state index in [0.29, 0.717) is 27.7 Å².